The van der Waals surface area contributed by atoms with Crippen molar-refractivity contribution < 1.29 is 27.4 Å². The third kappa shape index (κ3) is 3.32. The van der Waals surface area contributed by atoms with Crippen LogP contribution in [0, 0.1) is 5.92 Å². The summed E-state index contributed by atoms with van der Waals surface area (Å²) in [5.41, 5.74) is 0. The third-order valence-electron chi connectivity index (χ3n) is 2.74. The lowest BCUT2D eigenvalue weighted by atomic mass is 10.2. The normalized spacial score (nSPS) is 20.1. The van der Waals surface area contributed by atoms with Gasteiger partial charge in [0.05, 0.1) is 0 Å². The number of ether oxygens (including phenoxy) is 2. The summed E-state index contributed by atoms with van der Waals surface area (Å²) < 4.78 is 49.6. The van der Waals surface area contributed by atoms with E-state index in [0.29, 0.717) is 0 Å². The number of rotatable bonds is 3. The van der Waals surface area contributed by atoms with E-state index in [1.165, 1.54) is 18.2 Å². The Morgan fingerprint density at radius 2 is 1.95 bits per heavy atom. The topological polar surface area (TPSA) is 59.6 Å². The van der Waals surface area contributed by atoms with Crippen molar-refractivity contribution in [3.05, 3.63) is 23.2 Å². The van der Waals surface area contributed by atoms with Gasteiger partial charge in [0.1, 0.15) is 0 Å². The van der Waals surface area contributed by atoms with Gasteiger partial charge in [0.2, 0.25) is 0 Å². The van der Waals surface area contributed by atoms with Crippen LogP contribution in [0.3, 0.4) is 0 Å². The van der Waals surface area contributed by atoms with Gasteiger partial charge in [0.15, 0.2) is 11.5 Å². The average Bonchev–Trinajstić information content (AvgIpc) is 2.74. The second-order valence-corrected chi connectivity index (χ2v) is 5.57. The van der Waals surface area contributed by atoms with E-state index in [1.54, 1.807) is 19.2 Å². The zero-order valence-electron chi connectivity index (χ0n) is 11.8. The fourth-order valence-corrected chi connectivity index (χ4v) is 1.87. The fourth-order valence-electron chi connectivity index (χ4n) is 1.70. The van der Waals surface area contributed by atoms with Gasteiger partial charge in [0, 0.05) is 17.6 Å². The number of benzene rings is 1. The Kier molecular flexibility index (Phi) is 4.32. The minimum atomic E-state index is -4.99. The number of alkyl halides is 3. The van der Waals surface area contributed by atoms with Crippen LogP contribution in [-0.2, 0) is 0 Å². The van der Waals surface area contributed by atoms with Gasteiger partial charge in [-0.1, -0.05) is 25.4 Å². The van der Waals surface area contributed by atoms with Crippen LogP contribution in [-0.4, -0.2) is 24.7 Å². The fraction of sp³-hybridized carbons (Fsp3) is 0.462. The van der Waals surface area contributed by atoms with Crippen molar-refractivity contribution in [2.75, 3.05) is 6.54 Å². The van der Waals surface area contributed by atoms with E-state index in [1.807, 2.05) is 0 Å². The molecule has 5 nitrogen and oxygen atoms in total. The predicted octanol–water partition coefficient (Wildman–Crippen LogP) is 3.28. The standard InChI is InChI=1S/C13H14ClF3N2O3/c1-7(2)6-18-11(20)19-13(12(15,16)17)21-9-4-3-8(14)5-10(9)22-13/h3-5,7H,6H2,1-2H3,(H2,18,19,20)/t13-/m1/s1. The summed E-state index contributed by atoms with van der Waals surface area (Å²) in [6.07, 6.45) is -4.99. The molecular weight excluding hydrogens is 325 g/mol. The maximum Gasteiger partial charge on any atom is 0.492 e. The molecule has 0 saturated heterocycles. The van der Waals surface area contributed by atoms with Crippen molar-refractivity contribution in [2.45, 2.75) is 25.9 Å². The summed E-state index contributed by atoms with van der Waals surface area (Å²) in [5, 5.41) is 4.18. The Balaban J connectivity index is 2.20. The summed E-state index contributed by atoms with van der Waals surface area (Å²) >= 11 is 5.70. The molecule has 1 heterocycles. The first-order chi connectivity index (χ1) is 10.1. The zero-order valence-corrected chi connectivity index (χ0v) is 12.5. The van der Waals surface area contributed by atoms with Crippen LogP contribution < -0.4 is 20.1 Å². The van der Waals surface area contributed by atoms with Crippen molar-refractivity contribution in [3.63, 3.8) is 0 Å². The second-order valence-electron chi connectivity index (χ2n) is 5.14. The predicted molar refractivity (Wildman–Crippen MR) is 72.9 cm³/mol. The lowest BCUT2D eigenvalue weighted by molar-refractivity contribution is -0.317. The molecule has 22 heavy (non-hydrogen) atoms. The summed E-state index contributed by atoms with van der Waals surface area (Å²) in [6.45, 7) is 3.82. The molecule has 2 amide bonds. The monoisotopic (exact) mass is 338 g/mol. The van der Waals surface area contributed by atoms with Gasteiger partial charge in [-0.05, 0) is 18.1 Å². The van der Waals surface area contributed by atoms with Gasteiger partial charge in [-0.2, -0.15) is 13.2 Å². The van der Waals surface area contributed by atoms with Gasteiger partial charge < -0.3 is 14.8 Å². The number of hydrogen-bond donors (Lipinski definition) is 2. The molecule has 0 fully saturated rings. The van der Waals surface area contributed by atoms with E-state index in [4.69, 9.17) is 21.1 Å². The molecule has 1 atom stereocenters. The number of urea groups is 1. The van der Waals surface area contributed by atoms with Gasteiger partial charge in [-0.15, -0.1) is 0 Å². The van der Waals surface area contributed by atoms with E-state index in [0.717, 1.165) is 0 Å². The van der Waals surface area contributed by atoms with Crippen LogP contribution in [0.15, 0.2) is 18.2 Å². The highest BCUT2D eigenvalue weighted by Gasteiger charge is 2.65. The van der Waals surface area contributed by atoms with Crippen LogP contribution in [0.4, 0.5) is 18.0 Å². The Morgan fingerprint density at radius 3 is 2.55 bits per heavy atom. The first kappa shape index (κ1) is 16.5. The van der Waals surface area contributed by atoms with Gasteiger partial charge in [-0.3, -0.25) is 5.32 Å². The largest absolute Gasteiger partial charge is 0.492 e. The number of fused-ring (bicyclic) bond motifs is 1. The van der Waals surface area contributed by atoms with Gasteiger partial charge in [0.25, 0.3) is 0 Å². The van der Waals surface area contributed by atoms with Crippen molar-refractivity contribution in [2.24, 2.45) is 5.92 Å². The Hall–Kier alpha value is -1.83. The first-order valence-electron chi connectivity index (χ1n) is 6.43. The van der Waals surface area contributed by atoms with Crippen molar-refractivity contribution >= 4 is 17.6 Å². The molecule has 0 aliphatic carbocycles. The molecule has 0 unspecified atom stereocenters. The molecule has 0 spiro atoms. The maximum atomic E-state index is 13.3. The van der Waals surface area contributed by atoms with Crippen LogP contribution in [0.2, 0.25) is 5.02 Å². The quantitative estimate of drug-likeness (QED) is 0.889. The van der Waals surface area contributed by atoms with Crippen LogP contribution >= 0.6 is 11.6 Å². The number of nitrogens with one attached hydrogen (secondary N) is 2. The molecule has 0 radical (unpaired) electrons. The molecule has 0 saturated carbocycles. The molecule has 122 valence electrons. The molecule has 0 bridgehead atoms. The Bertz CT molecular complexity index is 580. The number of amides is 2. The minimum Gasteiger partial charge on any atom is -0.424 e. The highest BCUT2D eigenvalue weighted by molar-refractivity contribution is 6.30. The van der Waals surface area contributed by atoms with E-state index >= 15 is 0 Å². The highest BCUT2D eigenvalue weighted by atomic mass is 35.5. The Labute approximate surface area is 129 Å². The molecule has 2 N–H and O–H groups in total. The molecule has 1 aromatic carbocycles. The molecule has 2 rings (SSSR count). The molecule has 1 aliphatic rings. The average molecular weight is 339 g/mol. The molecular formula is C13H14ClF3N2O3. The second kappa shape index (κ2) is 5.75. The van der Waals surface area contributed by atoms with Crippen LogP contribution in [0.5, 0.6) is 11.5 Å². The van der Waals surface area contributed by atoms with Gasteiger partial charge in [-0.25, -0.2) is 4.79 Å². The van der Waals surface area contributed by atoms with Crippen LogP contribution in [0.25, 0.3) is 0 Å². The number of carbonyl (C=O) groups excluding carboxylic acids is 1. The van der Waals surface area contributed by atoms with E-state index in [2.05, 4.69) is 5.32 Å². The lowest BCUT2D eigenvalue weighted by Gasteiger charge is -2.29. The number of carbonyl (C=O) groups is 1. The molecule has 1 aliphatic heterocycles. The smallest absolute Gasteiger partial charge is 0.424 e. The Morgan fingerprint density at radius 1 is 1.32 bits per heavy atom. The minimum absolute atomic E-state index is 0.0778. The van der Waals surface area contributed by atoms with Gasteiger partial charge >= 0.3 is 18.1 Å². The number of halogens is 4. The van der Waals surface area contributed by atoms with E-state index in [-0.39, 0.29) is 29.0 Å². The van der Waals surface area contributed by atoms with Crippen molar-refractivity contribution in [1.82, 2.24) is 10.6 Å². The van der Waals surface area contributed by atoms with Crippen molar-refractivity contribution in [1.29, 1.82) is 0 Å². The molecule has 9 heteroatoms. The first-order valence-corrected chi connectivity index (χ1v) is 6.81. The van der Waals surface area contributed by atoms with Crippen LogP contribution in [0.1, 0.15) is 13.8 Å². The molecule has 0 aromatic heterocycles. The zero-order chi connectivity index (χ0) is 16.5. The van der Waals surface area contributed by atoms with E-state index < -0.39 is 18.1 Å². The number of hydrogen-bond acceptors (Lipinski definition) is 3. The maximum absolute atomic E-state index is 13.3. The SMILES string of the molecule is CC(C)CNC(=O)N[C@]1(C(F)(F)F)Oc2ccc(Cl)cc2O1. The third-order valence-corrected chi connectivity index (χ3v) is 2.97. The summed E-state index contributed by atoms with van der Waals surface area (Å²) in [5.74, 6) is -3.56. The lowest BCUT2D eigenvalue weighted by Crippen LogP contribution is -2.66. The summed E-state index contributed by atoms with van der Waals surface area (Å²) in [7, 11) is 0. The van der Waals surface area contributed by atoms with E-state index in [9.17, 15) is 18.0 Å². The molecule has 1 aromatic rings. The highest BCUT2D eigenvalue weighted by Crippen LogP contribution is 2.45. The summed E-state index contributed by atoms with van der Waals surface area (Å²) in [4.78, 5) is 11.7. The van der Waals surface area contributed by atoms with Crippen molar-refractivity contribution in [3.8, 4) is 11.5 Å². The summed E-state index contributed by atoms with van der Waals surface area (Å²) in [6, 6.07) is 2.72.